The van der Waals surface area contributed by atoms with E-state index in [0.29, 0.717) is 41.2 Å². The molecule has 1 heterocycles. The first-order chi connectivity index (χ1) is 11.6. The number of hydrogen-bond donors (Lipinski definition) is 2. The quantitative estimate of drug-likeness (QED) is 0.801. The van der Waals surface area contributed by atoms with Crippen molar-refractivity contribution in [3.63, 3.8) is 0 Å². The highest BCUT2D eigenvalue weighted by Crippen LogP contribution is 2.38. The molecule has 24 heavy (non-hydrogen) atoms. The zero-order valence-corrected chi connectivity index (χ0v) is 15.0. The van der Waals surface area contributed by atoms with Gasteiger partial charge in [-0.15, -0.1) is 0 Å². The maximum absolute atomic E-state index is 12.4. The first-order valence-electron chi connectivity index (χ1n) is 8.39. The van der Waals surface area contributed by atoms with Gasteiger partial charge in [0.25, 0.3) is 0 Å². The summed E-state index contributed by atoms with van der Waals surface area (Å²) in [6, 6.07) is 3.44. The summed E-state index contributed by atoms with van der Waals surface area (Å²) in [5, 5.41) is 6.34. The standard InChI is InChI=1S/C18H28N2O4/c1-12(13-6-5-7-19-11-13)8-18(21)20-14-9-16(23-3)17(24-4)10-15(14)22-2/h9-10,12-13,19H,5-8,11H2,1-4H3,(H,20,21). The maximum Gasteiger partial charge on any atom is 0.224 e. The van der Waals surface area contributed by atoms with Gasteiger partial charge < -0.3 is 24.8 Å². The number of benzene rings is 1. The summed E-state index contributed by atoms with van der Waals surface area (Å²) in [6.45, 7) is 4.22. The average Bonchev–Trinajstić information content (AvgIpc) is 2.61. The van der Waals surface area contributed by atoms with Crippen molar-refractivity contribution in [2.24, 2.45) is 11.8 Å². The van der Waals surface area contributed by atoms with E-state index in [1.54, 1.807) is 33.5 Å². The molecule has 6 nitrogen and oxygen atoms in total. The summed E-state index contributed by atoms with van der Waals surface area (Å²) in [5.74, 6) is 2.54. The van der Waals surface area contributed by atoms with E-state index in [-0.39, 0.29) is 5.91 Å². The molecule has 0 bridgehead atoms. The van der Waals surface area contributed by atoms with Crippen LogP contribution in [0, 0.1) is 11.8 Å². The molecule has 0 aliphatic carbocycles. The summed E-state index contributed by atoms with van der Waals surface area (Å²) in [6.07, 6.45) is 2.85. The Morgan fingerprint density at radius 1 is 1.21 bits per heavy atom. The van der Waals surface area contributed by atoms with Crippen molar-refractivity contribution in [3.05, 3.63) is 12.1 Å². The molecule has 0 saturated carbocycles. The van der Waals surface area contributed by atoms with Gasteiger partial charge in [0, 0.05) is 18.6 Å². The largest absolute Gasteiger partial charge is 0.494 e. The second-order valence-electron chi connectivity index (χ2n) is 6.24. The van der Waals surface area contributed by atoms with E-state index in [1.807, 2.05) is 0 Å². The lowest BCUT2D eigenvalue weighted by Gasteiger charge is -2.28. The Bertz CT molecular complexity index is 556. The monoisotopic (exact) mass is 336 g/mol. The Kier molecular flexibility index (Phi) is 6.73. The number of piperidine rings is 1. The number of carbonyl (C=O) groups excluding carboxylic acids is 1. The van der Waals surface area contributed by atoms with E-state index < -0.39 is 0 Å². The van der Waals surface area contributed by atoms with Crippen LogP contribution in [0.15, 0.2) is 12.1 Å². The van der Waals surface area contributed by atoms with Crippen LogP contribution in [0.5, 0.6) is 17.2 Å². The van der Waals surface area contributed by atoms with Gasteiger partial charge in [-0.25, -0.2) is 0 Å². The molecule has 1 aliphatic rings. The van der Waals surface area contributed by atoms with Crippen LogP contribution < -0.4 is 24.8 Å². The molecular formula is C18H28N2O4. The number of anilines is 1. The molecule has 2 rings (SSSR count). The molecule has 1 saturated heterocycles. The van der Waals surface area contributed by atoms with Gasteiger partial charge in [0.1, 0.15) is 5.75 Å². The highest BCUT2D eigenvalue weighted by Gasteiger charge is 2.23. The number of carbonyl (C=O) groups is 1. The number of ether oxygens (including phenoxy) is 3. The molecule has 2 unspecified atom stereocenters. The van der Waals surface area contributed by atoms with Gasteiger partial charge >= 0.3 is 0 Å². The Morgan fingerprint density at radius 2 is 1.88 bits per heavy atom. The summed E-state index contributed by atoms with van der Waals surface area (Å²) >= 11 is 0. The number of amides is 1. The molecule has 1 aromatic carbocycles. The van der Waals surface area contributed by atoms with Crippen molar-refractivity contribution in [1.29, 1.82) is 0 Å². The third-order valence-electron chi connectivity index (χ3n) is 4.63. The first kappa shape index (κ1) is 18.4. The number of rotatable bonds is 7. The van der Waals surface area contributed by atoms with Crippen molar-refractivity contribution < 1.29 is 19.0 Å². The molecule has 1 amide bonds. The van der Waals surface area contributed by atoms with Crippen molar-refractivity contribution in [1.82, 2.24) is 5.32 Å². The fourth-order valence-corrected chi connectivity index (χ4v) is 3.15. The summed E-state index contributed by atoms with van der Waals surface area (Å²) in [4.78, 5) is 12.4. The van der Waals surface area contributed by atoms with Crippen LogP contribution in [0.1, 0.15) is 26.2 Å². The molecule has 0 spiro atoms. The third-order valence-corrected chi connectivity index (χ3v) is 4.63. The highest BCUT2D eigenvalue weighted by atomic mass is 16.5. The van der Waals surface area contributed by atoms with Crippen molar-refractivity contribution in [3.8, 4) is 17.2 Å². The lowest BCUT2D eigenvalue weighted by atomic mass is 9.85. The number of nitrogens with one attached hydrogen (secondary N) is 2. The molecule has 1 aromatic rings. The minimum Gasteiger partial charge on any atom is -0.494 e. The minimum atomic E-state index is -0.0152. The van der Waals surface area contributed by atoms with Gasteiger partial charge in [-0.05, 0) is 37.8 Å². The summed E-state index contributed by atoms with van der Waals surface area (Å²) in [5.41, 5.74) is 0.592. The van der Waals surface area contributed by atoms with E-state index >= 15 is 0 Å². The Morgan fingerprint density at radius 3 is 2.46 bits per heavy atom. The molecule has 134 valence electrons. The summed E-state index contributed by atoms with van der Waals surface area (Å²) < 4.78 is 15.9. The Labute approximate surface area is 143 Å². The van der Waals surface area contributed by atoms with E-state index in [0.717, 1.165) is 13.1 Å². The van der Waals surface area contributed by atoms with Gasteiger partial charge in [0.05, 0.1) is 27.0 Å². The van der Waals surface area contributed by atoms with E-state index in [4.69, 9.17) is 14.2 Å². The van der Waals surface area contributed by atoms with Crippen molar-refractivity contribution >= 4 is 11.6 Å². The van der Waals surface area contributed by atoms with Crippen LogP contribution in [0.2, 0.25) is 0 Å². The average molecular weight is 336 g/mol. The first-order valence-corrected chi connectivity index (χ1v) is 8.39. The molecular weight excluding hydrogens is 308 g/mol. The molecule has 2 N–H and O–H groups in total. The molecule has 1 fully saturated rings. The highest BCUT2D eigenvalue weighted by molar-refractivity contribution is 5.93. The second-order valence-corrected chi connectivity index (χ2v) is 6.24. The van der Waals surface area contributed by atoms with Gasteiger partial charge in [0.2, 0.25) is 5.91 Å². The topological polar surface area (TPSA) is 68.8 Å². The minimum absolute atomic E-state index is 0.0152. The zero-order chi connectivity index (χ0) is 17.5. The van der Waals surface area contributed by atoms with Crippen LogP contribution in [0.3, 0.4) is 0 Å². The van der Waals surface area contributed by atoms with E-state index in [1.165, 1.54) is 12.8 Å². The van der Waals surface area contributed by atoms with Gasteiger partial charge in [-0.3, -0.25) is 4.79 Å². The van der Waals surface area contributed by atoms with Crippen LogP contribution in [-0.4, -0.2) is 40.3 Å². The van der Waals surface area contributed by atoms with Crippen LogP contribution in [0.4, 0.5) is 5.69 Å². The SMILES string of the molecule is COc1cc(OC)c(OC)cc1NC(=O)CC(C)C1CCCNC1. The van der Waals surface area contributed by atoms with Crippen molar-refractivity contribution in [2.45, 2.75) is 26.2 Å². The predicted octanol–water partition coefficient (Wildman–Crippen LogP) is 2.68. The van der Waals surface area contributed by atoms with Crippen LogP contribution in [-0.2, 0) is 4.79 Å². The number of methoxy groups -OCH3 is 3. The Balaban J connectivity index is 2.04. The molecule has 2 atom stereocenters. The molecule has 0 aromatic heterocycles. The normalized spacial score (nSPS) is 18.6. The van der Waals surface area contributed by atoms with Crippen LogP contribution >= 0.6 is 0 Å². The van der Waals surface area contributed by atoms with Gasteiger partial charge in [0.15, 0.2) is 11.5 Å². The molecule has 0 radical (unpaired) electrons. The van der Waals surface area contributed by atoms with Gasteiger partial charge in [-0.1, -0.05) is 6.92 Å². The smallest absolute Gasteiger partial charge is 0.224 e. The molecule has 1 aliphatic heterocycles. The maximum atomic E-state index is 12.4. The van der Waals surface area contributed by atoms with Gasteiger partial charge in [-0.2, -0.15) is 0 Å². The third kappa shape index (κ3) is 4.54. The fourth-order valence-electron chi connectivity index (χ4n) is 3.15. The number of hydrogen-bond acceptors (Lipinski definition) is 5. The summed E-state index contributed by atoms with van der Waals surface area (Å²) in [7, 11) is 4.69. The van der Waals surface area contributed by atoms with Crippen LogP contribution in [0.25, 0.3) is 0 Å². The zero-order valence-electron chi connectivity index (χ0n) is 15.0. The second kappa shape index (κ2) is 8.78. The van der Waals surface area contributed by atoms with Crippen molar-refractivity contribution in [2.75, 3.05) is 39.7 Å². The van der Waals surface area contributed by atoms with E-state index in [2.05, 4.69) is 17.6 Å². The lowest BCUT2D eigenvalue weighted by molar-refractivity contribution is -0.117. The molecule has 6 heteroatoms. The van der Waals surface area contributed by atoms with E-state index in [9.17, 15) is 4.79 Å². The fraction of sp³-hybridized carbons (Fsp3) is 0.611. The predicted molar refractivity (Wildman–Crippen MR) is 94.1 cm³/mol. The lowest BCUT2D eigenvalue weighted by Crippen LogP contribution is -2.34. The Hall–Kier alpha value is -1.95.